The number of benzene rings is 1. The van der Waals surface area contributed by atoms with Crippen LogP contribution in [0.3, 0.4) is 0 Å². The van der Waals surface area contributed by atoms with E-state index in [1.54, 1.807) is 12.1 Å². The van der Waals surface area contributed by atoms with Crippen molar-refractivity contribution >= 4 is 11.6 Å². The first kappa shape index (κ1) is 10.6. The predicted molar refractivity (Wildman–Crippen MR) is 62.1 cm³/mol. The van der Waals surface area contributed by atoms with Crippen molar-refractivity contribution in [1.29, 1.82) is 0 Å². The largest absolute Gasteiger partial charge is 0.507 e. The third-order valence-electron chi connectivity index (χ3n) is 2.35. The van der Waals surface area contributed by atoms with Crippen LogP contribution in [0.4, 0.5) is 0 Å². The van der Waals surface area contributed by atoms with Crippen LogP contribution in [0.15, 0.2) is 30.9 Å². The molecule has 0 aromatic heterocycles. The topological polar surface area (TPSA) is 20.2 Å². The predicted octanol–water partition coefficient (Wildman–Crippen LogP) is 3.85. The van der Waals surface area contributed by atoms with Gasteiger partial charge in [0.05, 0.1) is 0 Å². The van der Waals surface area contributed by atoms with Crippen molar-refractivity contribution in [1.82, 2.24) is 0 Å². The molecule has 0 atom stereocenters. The van der Waals surface area contributed by atoms with Crippen molar-refractivity contribution < 1.29 is 5.11 Å². The third kappa shape index (κ3) is 2.05. The maximum atomic E-state index is 9.47. The highest BCUT2D eigenvalue weighted by Gasteiger charge is 2.01. The Balaban J connectivity index is 3.18. The molecule has 0 aliphatic rings. The Labute approximate surface area is 85.4 Å². The van der Waals surface area contributed by atoms with Crippen molar-refractivity contribution in [3.05, 3.63) is 42.0 Å². The van der Waals surface area contributed by atoms with Crippen molar-refractivity contribution in [2.75, 3.05) is 0 Å². The molecule has 0 bridgehead atoms. The number of hydrogen-bond acceptors (Lipinski definition) is 1. The quantitative estimate of drug-likeness (QED) is 0.763. The summed E-state index contributed by atoms with van der Waals surface area (Å²) in [5, 5.41) is 9.47. The smallest absolute Gasteiger partial charge is 0.122 e. The molecule has 0 amide bonds. The van der Waals surface area contributed by atoms with Crippen molar-refractivity contribution in [3.63, 3.8) is 0 Å². The number of rotatable bonds is 3. The molecule has 0 radical (unpaired) electrons. The second-order valence-corrected chi connectivity index (χ2v) is 3.15. The highest BCUT2D eigenvalue weighted by atomic mass is 16.3. The Morgan fingerprint density at radius 3 is 2.71 bits per heavy atom. The molecule has 1 rings (SSSR count). The minimum atomic E-state index is 0.287. The lowest BCUT2D eigenvalue weighted by atomic mass is 10.0. The molecule has 0 fully saturated rings. The van der Waals surface area contributed by atoms with E-state index in [1.165, 1.54) is 5.57 Å². The van der Waals surface area contributed by atoms with E-state index in [2.05, 4.69) is 19.6 Å². The second-order valence-electron chi connectivity index (χ2n) is 3.15. The molecule has 1 nitrogen and oxygen atoms in total. The highest BCUT2D eigenvalue weighted by Crippen LogP contribution is 2.25. The van der Waals surface area contributed by atoms with Crippen LogP contribution in [0.1, 0.15) is 31.4 Å². The molecule has 1 N–H and O–H groups in total. The molecule has 1 aromatic rings. The number of aromatic hydroxyl groups is 1. The monoisotopic (exact) mass is 188 g/mol. The fourth-order valence-corrected chi connectivity index (χ4v) is 1.49. The molecular formula is C13H16O. The lowest BCUT2D eigenvalue weighted by Gasteiger charge is -2.06. The number of phenolic OH excluding ortho intramolecular Hbond substituents is 1. The lowest BCUT2D eigenvalue weighted by molar-refractivity contribution is 0.474. The van der Waals surface area contributed by atoms with Crippen LogP contribution >= 0.6 is 0 Å². The first-order chi connectivity index (χ1) is 6.72. The summed E-state index contributed by atoms with van der Waals surface area (Å²) in [6, 6.07) is 5.60. The summed E-state index contributed by atoms with van der Waals surface area (Å²) < 4.78 is 0. The minimum Gasteiger partial charge on any atom is -0.507 e. The molecule has 1 heteroatoms. The van der Waals surface area contributed by atoms with Gasteiger partial charge in [-0.15, -0.1) is 0 Å². The Kier molecular flexibility index (Phi) is 3.52. The first-order valence-electron chi connectivity index (χ1n) is 4.84. The van der Waals surface area contributed by atoms with E-state index in [4.69, 9.17) is 0 Å². The fraction of sp³-hybridized carbons (Fsp3) is 0.231. The summed E-state index contributed by atoms with van der Waals surface area (Å²) in [5.41, 5.74) is 3.23. The summed E-state index contributed by atoms with van der Waals surface area (Å²) in [4.78, 5) is 0. The van der Waals surface area contributed by atoms with Gasteiger partial charge in [0.1, 0.15) is 5.75 Å². The van der Waals surface area contributed by atoms with E-state index in [0.717, 1.165) is 17.5 Å². The molecular weight excluding hydrogens is 172 g/mol. The van der Waals surface area contributed by atoms with E-state index >= 15 is 0 Å². The summed E-state index contributed by atoms with van der Waals surface area (Å²) in [7, 11) is 0. The average Bonchev–Trinajstić information content (AvgIpc) is 2.22. The number of hydrogen-bond donors (Lipinski definition) is 1. The summed E-state index contributed by atoms with van der Waals surface area (Å²) in [6.07, 6.45) is 4.76. The summed E-state index contributed by atoms with van der Waals surface area (Å²) in [6.45, 7) is 7.81. The molecule has 14 heavy (non-hydrogen) atoms. The van der Waals surface area contributed by atoms with E-state index in [-0.39, 0.29) is 5.75 Å². The number of allylic oxidation sites excluding steroid dienone is 2. The van der Waals surface area contributed by atoms with Gasteiger partial charge in [0, 0.05) is 5.56 Å². The van der Waals surface area contributed by atoms with Gasteiger partial charge in [-0.3, -0.25) is 0 Å². The zero-order valence-electron chi connectivity index (χ0n) is 8.75. The Morgan fingerprint density at radius 2 is 2.21 bits per heavy atom. The normalized spacial score (nSPS) is 11.4. The van der Waals surface area contributed by atoms with Gasteiger partial charge in [-0.05, 0) is 36.6 Å². The van der Waals surface area contributed by atoms with Crippen LogP contribution in [0.2, 0.25) is 0 Å². The van der Waals surface area contributed by atoms with Crippen LogP contribution in [0, 0.1) is 0 Å². The van der Waals surface area contributed by atoms with E-state index in [1.807, 2.05) is 19.1 Å². The second kappa shape index (κ2) is 4.66. The molecule has 0 heterocycles. The van der Waals surface area contributed by atoms with Crippen LogP contribution in [0.25, 0.3) is 11.6 Å². The van der Waals surface area contributed by atoms with Crippen molar-refractivity contribution in [2.45, 2.75) is 20.3 Å². The first-order valence-corrected chi connectivity index (χ1v) is 4.84. The number of phenols is 1. The van der Waals surface area contributed by atoms with E-state index in [9.17, 15) is 5.11 Å². The van der Waals surface area contributed by atoms with Gasteiger partial charge in [-0.1, -0.05) is 31.7 Å². The Morgan fingerprint density at radius 1 is 1.50 bits per heavy atom. The van der Waals surface area contributed by atoms with Gasteiger partial charge in [-0.2, -0.15) is 0 Å². The van der Waals surface area contributed by atoms with Gasteiger partial charge < -0.3 is 5.11 Å². The Hall–Kier alpha value is -1.50. The maximum absolute atomic E-state index is 9.47. The van der Waals surface area contributed by atoms with Gasteiger partial charge in [-0.25, -0.2) is 0 Å². The zero-order valence-corrected chi connectivity index (χ0v) is 8.75. The molecule has 0 spiro atoms. The summed E-state index contributed by atoms with van der Waals surface area (Å²) in [5.74, 6) is 0.287. The van der Waals surface area contributed by atoms with Crippen LogP contribution < -0.4 is 0 Å². The average molecular weight is 188 g/mol. The summed E-state index contributed by atoms with van der Waals surface area (Å²) >= 11 is 0. The molecule has 1 aromatic carbocycles. The zero-order chi connectivity index (χ0) is 10.6. The van der Waals surface area contributed by atoms with Gasteiger partial charge in [0.2, 0.25) is 0 Å². The van der Waals surface area contributed by atoms with Gasteiger partial charge >= 0.3 is 0 Å². The van der Waals surface area contributed by atoms with Crippen molar-refractivity contribution in [3.8, 4) is 5.75 Å². The third-order valence-corrected chi connectivity index (χ3v) is 2.35. The van der Waals surface area contributed by atoms with Crippen LogP contribution in [0.5, 0.6) is 5.75 Å². The lowest BCUT2D eigenvalue weighted by Crippen LogP contribution is -1.84. The van der Waals surface area contributed by atoms with Crippen molar-refractivity contribution in [2.24, 2.45) is 0 Å². The van der Waals surface area contributed by atoms with Gasteiger partial charge in [0.25, 0.3) is 0 Å². The molecule has 74 valence electrons. The molecule has 0 aliphatic heterocycles. The SMILES string of the molecule is C=Cc1cc(C(=CC)CC)ccc1O. The molecule has 0 saturated carbocycles. The Bertz CT molecular complexity index is 361. The van der Waals surface area contributed by atoms with Crippen LogP contribution in [-0.4, -0.2) is 5.11 Å². The standard InChI is InChI=1S/C13H16O/c1-4-10(5-2)12-7-8-13(14)11(6-3)9-12/h4,6-9,14H,3,5H2,1-2H3. The van der Waals surface area contributed by atoms with E-state index < -0.39 is 0 Å². The fourth-order valence-electron chi connectivity index (χ4n) is 1.49. The van der Waals surface area contributed by atoms with Crippen LogP contribution in [-0.2, 0) is 0 Å². The molecule has 0 aliphatic carbocycles. The van der Waals surface area contributed by atoms with Gasteiger partial charge in [0.15, 0.2) is 0 Å². The molecule has 0 saturated heterocycles. The van der Waals surface area contributed by atoms with E-state index in [0.29, 0.717) is 0 Å². The highest BCUT2D eigenvalue weighted by molar-refractivity contribution is 5.69. The maximum Gasteiger partial charge on any atom is 0.122 e. The minimum absolute atomic E-state index is 0.287. The molecule has 0 unspecified atom stereocenters.